The molecule has 0 amide bonds. The average molecular weight is 441 g/mol. The predicted octanol–water partition coefficient (Wildman–Crippen LogP) is 2.38. The van der Waals surface area contributed by atoms with Gasteiger partial charge >= 0.3 is 0 Å². The Morgan fingerprint density at radius 3 is 2.50 bits per heavy atom. The van der Waals surface area contributed by atoms with Crippen LogP contribution in [0.5, 0.6) is 0 Å². The van der Waals surface area contributed by atoms with Crippen molar-refractivity contribution in [2.75, 3.05) is 14.1 Å². The number of aliphatic hydroxyl groups excluding tert-OH is 2. The molecule has 6 nitrogen and oxygen atoms in total. The van der Waals surface area contributed by atoms with Gasteiger partial charge in [0, 0.05) is 30.3 Å². The van der Waals surface area contributed by atoms with E-state index >= 15 is 0 Å². The number of rotatable bonds is 2. The molecule has 2 bridgehead atoms. The summed E-state index contributed by atoms with van der Waals surface area (Å²) in [4.78, 5) is 6.21. The van der Waals surface area contributed by atoms with Gasteiger partial charge in [-0.2, -0.15) is 0 Å². The van der Waals surface area contributed by atoms with Crippen LogP contribution in [0.1, 0.15) is 57.4 Å². The predicted molar refractivity (Wildman–Crippen MR) is 121 cm³/mol. The summed E-state index contributed by atoms with van der Waals surface area (Å²) in [7, 11) is 3.92. The van der Waals surface area contributed by atoms with E-state index in [0.717, 1.165) is 25.7 Å². The minimum absolute atomic E-state index is 0.0559. The van der Waals surface area contributed by atoms with Crippen molar-refractivity contribution in [2.24, 2.45) is 17.3 Å². The lowest BCUT2D eigenvalue weighted by molar-refractivity contribution is -0.331. The maximum Gasteiger partial charge on any atom is 0.102 e. The van der Waals surface area contributed by atoms with E-state index in [0.29, 0.717) is 19.3 Å². The fourth-order valence-electron chi connectivity index (χ4n) is 8.59. The number of hydrogen-bond donors (Lipinski definition) is 3. The number of hydrogen-bond acceptors (Lipinski definition) is 6. The first-order valence-corrected chi connectivity index (χ1v) is 12.2. The van der Waals surface area contributed by atoms with Crippen LogP contribution in [0.2, 0.25) is 0 Å². The summed E-state index contributed by atoms with van der Waals surface area (Å²) in [6.07, 6.45) is 9.71. The molecule has 0 aromatic carbocycles. The number of aromatic nitrogens is 1. The molecule has 5 aliphatic rings. The minimum atomic E-state index is -0.963. The summed E-state index contributed by atoms with van der Waals surface area (Å²) in [5, 5.41) is 34.2. The molecule has 9 atom stereocenters. The van der Waals surface area contributed by atoms with Crippen LogP contribution < -0.4 is 0 Å². The maximum absolute atomic E-state index is 12.1. The molecule has 2 spiro atoms. The van der Waals surface area contributed by atoms with E-state index in [-0.39, 0.29) is 23.3 Å². The van der Waals surface area contributed by atoms with Crippen molar-refractivity contribution in [1.29, 1.82) is 0 Å². The summed E-state index contributed by atoms with van der Waals surface area (Å²) in [5.41, 5.74) is 0.489. The van der Waals surface area contributed by atoms with Crippen LogP contribution in [0.4, 0.5) is 0 Å². The third-order valence-electron chi connectivity index (χ3n) is 10.3. The van der Waals surface area contributed by atoms with Crippen molar-refractivity contribution < 1.29 is 20.1 Å². The molecular formula is C26H36N2O4. The van der Waals surface area contributed by atoms with Crippen molar-refractivity contribution in [3.05, 3.63) is 36.2 Å². The molecule has 32 heavy (non-hydrogen) atoms. The van der Waals surface area contributed by atoms with E-state index < -0.39 is 29.0 Å². The Balaban J connectivity index is 1.40. The van der Waals surface area contributed by atoms with Gasteiger partial charge in [-0.3, -0.25) is 4.98 Å². The maximum atomic E-state index is 12.1. The lowest BCUT2D eigenvalue weighted by Crippen LogP contribution is -2.73. The number of nitrogens with zero attached hydrogens (tertiary/aromatic N) is 2. The summed E-state index contributed by atoms with van der Waals surface area (Å²) < 4.78 is 7.15. The van der Waals surface area contributed by atoms with E-state index in [4.69, 9.17) is 4.74 Å². The lowest BCUT2D eigenvalue weighted by Gasteiger charge is -2.65. The molecule has 2 saturated heterocycles. The quantitative estimate of drug-likeness (QED) is 0.655. The normalized spacial score (nSPS) is 51.7. The van der Waals surface area contributed by atoms with Crippen LogP contribution in [-0.4, -0.2) is 74.4 Å². The summed E-state index contributed by atoms with van der Waals surface area (Å²) in [5.74, 6) is -0.0215. The summed E-state index contributed by atoms with van der Waals surface area (Å²) in [6, 6.07) is 4.03. The highest BCUT2D eigenvalue weighted by Gasteiger charge is 2.76. The van der Waals surface area contributed by atoms with Gasteiger partial charge in [-0.15, -0.1) is 0 Å². The van der Waals surface area contributed by atoms with Crippen LogP contribution in [0.25, 0.3) is 5.57 Å². The first-order chi connectivity index (χ1) is 15.2. The Hall–Kier alpha value is -1.31. The number of aliphatic hydroxyl groups is 3. The van der Waals surface area contributed by atoms with Crippen molar-refractivity contribution >= 4 is 5.57 Å². The van der Waals surface area contributed by atoms with Gasteiger partial charge in [-0.05, 0) is 87.7 Å². The Morgan fingerprint density at radius 1 is 1.03 bits per heavy atom. The molecule has 1 aromatic rings. The molecule has 3 unspecified atom stereocenters. The number of fused-ring (bicyclic) bond motifs is 1. The topological polar surface area (TPSA) is 86.1 Å². The van der Waals surface area contributed by atoms with Gasteiger partial charge in [-0.25, -0.2) is 0 Å². The summed E-state index contributed by atoms with van der Waals surface area (Å²) in [6.45, 7) is 2.35. The molecule has 3 heterocycles. The van der Waals surface area contributed by atoms with Crippen LogP contribution in [0.3, 0.4) is 0 Å². The highest BCUT2D eigenvalue weighted by Crippen LogP contribution is 2.71. The Labute approximate surface area is 190 Å². The fourth-order valence-corrected chi connectivity index (χ4v) is 8.59. The molecule has 0 radical (unpaired) electrons. The fraction of sp³-hybridized carbons (Fsp3) is 0.731. The van der Waals surface area contributed by atoms with Crippen LogP contribution in [0.15, 0.2) is 30.6 Å². The SMILES string of the molecule is CN(C)[C@H]1C[C@@]23CC[C@]4(O2)C2CC=C(c5ccncc5)[C@@]2(C)CCC4(O)CC3[C@@H](O)[C@@H]1O. The molecular weight excluding hydrogens is 404 g/mol. The highest BCUT2D eigenvalue weighted by molar-refractivity contribution is 5.73. The number of pyridine rings is 1. The molecule has 6 heteroatoms. The van der Waals surface area contributed by atoms with Crippen LogP contribution >= 0.6 is 0 Å². The van der Waals surface area contributed by atoms with E-state index in [1.165, 1.54) is 11.1 Å². The van der Waals surface area contributed by atoms with E-state index in [1.54, 1.807) is 0 Å². The second-order valence-electron chi connectivity index (χ2n) is 11.7. The molecule has 3 N–H and O–H groups in total. The van der Waals surface area contributed by atoms with E-state index in [2.05, 4.69) is 30.1 Å². The average Bonchev–Trinajstić information content (AvgIpc) is 3.30. The van der Waals surface area contributed by atoms with Gasteiger partial charge in [0.05, 0.1) is 23.4 Å². The standard InChI is InChI=1S/C26H36N2O4/c1-23-8-10-25(31)14-18-21(29)22(30)19(28(2)3)15-24(18)9-11-26(25,32-24)20(23)5-4-17(23)16-6-12-27-13-7-16/h4,6-7,12-13,18-22,29-31H,5,8-11,14-15H2,1-3H3/t18?,19-,20?,21+,22+,23+,24+,25?,26-/m0/s1. The molecule has 1 aromatic heterocycles. The highest BCUT2D eigenvalue weighted by atomic mass is 16.6. The van der Waals surface area contributed by atoms with Crippen molar-refractivity contribution in [3.8, 4) is 0 Å². The zero-order chi connectivity index (χ0) is 22.5. The molecule has 3 aliphatic carbocycles. The van der Waals surface area contributed by atoms with Gasteiger partial charge in [0.2, 0.25) is 0 Å². The van der Waals surface area contributed by atoms with Gasteiger partial charge in [0.25, 0.3) is 0 Å². The van der Waals surface area contributed by atoms with Crippen LogP contribution in [-0.2, 0) is 4.74 Å². The van der Waals surface area contributed by atoms with Gasteiger partial charge in [0.1, 0.15) is 5.60 Å². The van der Waals surface area contributed by atoms with Crippen molar-refractivity contribution in [1.82, 2.24) is 9.88 Å². The molecule has 174 valence electrons. The molecule has 4 fully saturated rings. The smallest absolute Gasteiger partial charge is 0.102 e. The monoisotopic (exact) mass is 440 g/mol. The largest absolute Gasteiger partial charge is 0.390 e. The van der Waals surface area contributed by atoms with Crippen molar-refractivity contribution in [3.63, 3.8) is 0 Å². The Bertz CT molecular complexity index is 952. The van der Waals surface area contributed by atoms with E-state index in [9.17, 15) is 15.3 Å². The van der Waals surface area contributed by atoms with Crippen molar-refractivity contribution in [2.45, 2.75) is 86.9 Å². The Kier molecular flexibility index (Phi) is 4.40. The first-order valence-electron chi connectivity index (χ1n) is 12.2. The first kappa shape index (κ1) is 21.2. The van der Waals surface area contributed by atoms with E-state index in [1.807, 2.05) is 31.4 Å². The number of allylic oxidation sites excluding steroid dienone is 2. The zero-order valence-electron chi connectivity index (χ0n) is 19.4. The second-order valence-corrected chi connectivity index (χ2v) is 11.7. The molecule has 2 aliphatic heterocycles. The summed E-state index contributed by atoms with van der Waals surface area (Å²) >= 11 is 0. The second kappa shape index (κ2) is 6.63. The van der Waals surface area contributed by atoms with Crippen LogP contribution in [0, 0.1) is 17.3 Å². The van der Waals surface area contributed by atoms with Gasteiger partial charge in [-0.1, -0.05) is 13.0 Å². The van der Waals surface area contributed by atoms with Gasteiger partial charge in [0.15, 0.2) is 0 Å². The van der Waals surface area contributed by atoms with Gasteiger partial charge < -0.3 is 25.0 Å². The number of likely N-dealkylation sites (N-methyl/N-ethyl adjacent to an activating group) is 1. The molecule has 6 rings (SSSR count). The lowest BCUT2D eigenvalue weighted by atomic mass is 9.51. The zero-order valence-corrected chi connectivity index (χ0v) is 19.4. The minimum Gasteiger partial charge on any atom is -0.390 e. The Morgan fingerprint density at radius 2 is 1.78 bits per heavy atom. The number of ether oxygens (including phenoxy) is 1. The molecule has 2 saturated carbocycles. The third-order valence-corrected chi connectivity index (χ3v) is 10.3. The third kappa shape index (κ3) is 2.45.